The Bertz CT molecular complexity index is 40.3. The van der Waals surface area contributed by atoms with Gasteiger partial charge in [0.15, 0.2) is 0 Å². The molecule has 0 unspecified atom stereocenters. The minimum Gasteiger partial charge on any atom is -0.314 e. The fourth-order valence-electron chi connectivity index (χ4n) is 0.604. The summed E-state index contributed by atoms with van der Waals surface area (Å²) in [6.07, 6.45) is 0. The predicted octanol–water partition coefficient (Wildman–Crippen LogP) is 0.490. The summed E-state index contributed by atoms with van der Waals surface area (Å²) >= 11 is 8.53. The van der Waals surface area contributed by atoms with Gasteiger partial charge in [-0.15, -0.1) is 0 Å². The molecule has 0 aromatic rings. The summed E-state index contributed by atoms with van der Waals surface area (Å²) in [5.41, 5.74) is 0. The van der Waals surface area contributed by atoms with Gasteiger partial charge in [0.1, 0.15) is 0 Å². The van der Waals surface area contributed by atoms with Crippen molar-refractivity contribution < 1.29 is 3.84 Å². The second-order valence-electron chi connectivity index (χ2n) is 1.56. The van der Waals surface area contributed by atoms with Crippen molar-refractivity contribution in [3.8, 4) is 0 Å². The second-order valence-corrected chi connectivity index (χ2v) is 2.02. The number of hydrogen-bond donors (Lipinski definition) is 2. The van der Waals surface area contributed by atoms with Gasteiger partial charge in [-0.2, -0.15) is 3.84 Å². The maximum absolute atomic E-state index is 4.26. The highest BCUT2D eigenvalue weighted by Gasteiger charge is 1.91. The molecule has 0 aromatic heterocycles. The molecule has 2 N–H and O–H groups in total. The van der Waals surface area contributed by atoms with Gasteiger partial charge in [0.25, 0.3) is 0 Å². The quantitative estimate of drug-likeness (QED) is 0.559. The van der Waals surface area contributed by atoms with Crippen LogP contribution in [0.3, 0.4) is 0 Å². The first kappa shape index (κ1) is 9.46. The molecule has 1 aliphatic heterocycles. The van der Waals surface area contributed by atoms with Gasteiger partial charge in [-0.05, 0) is 0 Å². The van der Waals surface area contributed by atoms with Crippen LogP contribution < -0.4 is 10.6 Å². The van der Waals surface area contributed by atoms with Crippen molar-refractivity contribution in [2.24, 2.45) is 0 Å². The maximum Gasteiger partial charge on any atom is 0.0832 e. The number of rotatable bonds is 0. The molecule has 0 aliphatic carbocycles. The summed E-state index contributed by atoms with van der Waals surface area (Å²) < 4.78 is 3.19. The molecule has 1 fully saturated rings. The molecule has 56 valence electrons. The Labute approximate surface area is 65.0 Å². The van der Waals surface area contributed by atoms with Gasteiger partial charge in [0, 0.05) is 26.2 Å². The van der Waals surface area contributed by atoms with Gasteiger partial charge >= 0.3 is 0 Å². The lowest BCUT2D eigenvalue weighted by atomic mass is 10.4. The van der Waals surface area contributed by atoms with Crippen LogP contribution in [0, 0.1) is 0 Å². The third kappa shape index (κ3) is 8.46. The first-order valence-electron chi connectivity index (χ1n) is 2.72. The van der Waals surface area contributed by atoms with Crippen LogP contribution in [0.15, 0.2) is 0 Å². The molecule has 3 nitrogen and oxygen atoms in total. The van der Waals surface area contributed by atoms with Crippen molar-refractivity contribution in [2.45, 2.75) is 0 Å². The molecule has 1 aliphatic rings. The van der Waals surface area contributed by atoms with Crippen LogP contribution in [-0.4, -0.2) is 26.2 Å². The fraction of sp³-hybridized carbons (Fsp3) is 1.00. The van der Waals surface area contributed by atoms with E-state index in [-0.39, 0.29) is 0 Å². The third-order valence-electron chi connectivity index (χ3n) is 0.957. The molecule has 0 atom stereocenters. The van der Waals surface area contributed by atoms with Gasteiger partial charge in [-0.25, -0.2) is 0 Å². The van der Waals surface area contributed by atoms with Crippen LogP contribution >= 0.6 is 23.7 Å². The van der Waals surface area contributed by atoms with E-state index >= 15 is 0 Å². The van der Waals surface area contributed by atoms with Crippen LogP contribution in [0.2, 0.25) is 0 Å². The van der Waals surface area contributed by atoms with E-state index in [1.165, 1.54) is 0 Å². The standard InChI is InChI=1S/C4H10N2.Cl2O/c1-2-6-4-3-5-1;1-3-2/h5-6H,1-4H2;. The van der Waals surface area contributed by atoms with E-state index < -0.39 is 0 Å². The Balaban J connectivity index is 0.000000187. The molecule has 5 heteroatoms. The Morgan fingerprint density at radius 3 is 1.22 bits per heavy atom. The van der Waals surface area contributed by atoms with E-state index in [2.05, 4.69) is 38.2 Å². The molecule has 0 radical (unpaired) electrons. The molecule has 0 bridgehead atoms. The van der Waals surface area contributed by atoms with Crippen molar-refractivity contribution in [1.82, 2.24) is 10.6 Å². The fourth-order valence-corrected chi connectivity index (χ4v) is 0.604. The number of nitrogens with one attached hydrogen (secondary N) is 2. The molecule has 1 rings (SSSR count). The van der Waals surface area contributed by atoms with Gasteiger partial charge in [0.05, 0.1) is 23.7 Å². The maximum atomic E-state index is 4.26. The summed E-state index contributed by atoms with van der Waals surface area (Å²) in [4.78, 5) is 0. The Morgan fingerprint density at radius 2 is 1.11 bits per heavy atom. The first-order valence-corrected chi connectivity index (χ1v) is 3.34. The van der Waals surface area contributed by atoms with Crippen LogP contribution in [-0.2, 0) is 3.84 Å². The topological polar surface area (TPSA) is 33.3 Å². The summed E-state index contributed by atoms with van der Waals surface area (Å²) in [6, 6.07) is 0. The minimum absolute atomic E-state index is 1.14. The average molecular weight is 173 g/mol. The molecular formula is C4H10Cl2N2O. The van der Waals surface area contributed by atoms with Gasteiger partial charge in [-0.3, -0.25) is 0 Å². The number of piperazine rings is 1. The smallest absolute Gasteiger partial charge is 0.0832 e. The average Bonchev–Trinajstić information content (AvgIpc) is 1.93. The lowest BCUT2D eigenvalue weighted by Crippen LogP contribution is -2.39. The van der Waals surface area contributed by atoms with E-state index in [1.807, 2.05) is 0 Å². The Hall–Kier alpha value is 0.460. The van der Waals surface area contributed by atoms with Gasteiger partial charge < -0.3 is 10.6 Å². The third-order valence-corrected chi connectivity index (χ3v) is 0.957. The SMILES string of the molecule is C1CNCCN1.ClOCl. The lowest BCUT2D eigenvalue weighted by Gasteiger charge is -2.11. The highest BCUT2D eigenvalue weighted by Crippen LogP contribution is 1.78. The largest absolute Gasteiger partial charge is 0.314 e. The summed E-state index contributed by atoms with van der Waals surface area (Å²) in [5, 5.41) is 6.44. The molecule has 9 heavy (non-hydrogen) atoms. The van der Waals surface area contributed by atoms with Crippen LogP contribution in [0.1, 0.15) is 0 Å². The molecule has 1 saturated heterocycles. The van der Waals surface area contributed by atoms with Crippen LogP contribution in [0.5, 0.6) is 0 Å². The number of hydrogen-bond acceptors (Lipinski definition) is 3. The zero-order chi connectivity index (χ0) is 6.95. The van der Waals surface area contributed by atoms with Gasteiger partial charge in [-0.1, -0.05) is 0 Å². The van der Waals surface area contributed by atoms with E-state index in [1.54, 1.807) is 0 Å². The molecule has 0 amide bonds. The second kappa shape index (κ2) is 8.46. The summed E-state index contributed by atoms with van der Waals surface area (Å²) in [6.45, 7) is 4.56. The van der Waals surface area contributed by atoms with Crippen molar-refractivity contribution in [1.29, 1.82) is 0 Å². The molecule has 0 aromatic carbocycles. The highest BCUT2D eigenvalue weighted by atomic mass is 35.6. The Morgan fingerprint density at radius 1 is 0.889 bits per heavy atom. The molecule has 1 heterocycles. The van der Waals surface area contributed by atoms with Crippen LogP contribution in [0.25, 0.3) is 0 Å². The van der Waals surface area contributed by atoms with E-state index in [9.17, 15) is 0 Å². The minimum atomic E-state index is 1.14. The lowest BCUT2D eigenvalue weighted by molar-refractivity contribution is 0.534. The normalized spacial score (nSPS) is 18.0. The predicted molar refractivity (Wildman–Crippen MR) is 38.5 cm³/mol. The van der Waals surface area contributed by atoms with Crippen molar-refractivity contribution in [3.63, 3.8) is 0 Å². The first-order chi connectivity index (χ1) is 4.41. The van der Waals surface area contributed by atoms with Crippen LogP contribution in [0.4, 0.5) is 0 Å². The van der Waals surface area contributed by atoms with E-state index in [0.717, 1.165) is 26.2 Å². The zero-order valence-corrected chi connectivity index (χ0v) is 6.50. The highest BCUT2D eigenvalue weighted by molar-refractivity contribution is 6.24. The van der Waals surface area contributed by atoms with E-state index in [0.29, 0.717) is 0 Å². The number of halogens is 2. The van der Waals surface area contributed by atoms with Crippen molar-refractivity contribution in [2.75, 3.05) is 26.2 Å². The molecule has 0 saturated carbocycles. The Kier molecular flexibility index (Phi) is 8.89. The monoisotopic (exact) mass is 172 g/mol. The van der Waals surface area contributed by atoms with Crippen molar-refractivity contribution >= 4 is 23.7 Å². The van der Waals surface area contributed by atoms with E-state index in [4.69, 9.17) is 0 Å². The van der Waals surface area contributed by atoms with Crippen molar-refractivity contribution in [3.05, 3.63) is 0 Å². The molecular weight excluding hydrogens is 163 g/mol. The summed E-state index contributed by atoms with van der Waals surface area (Å²) in [7, 11) is 0. The summed E-state index contributed by atoms with van der Waals surface area (Å²) in [5.74, 6) is 0. The zero-order valence-electron chi connectivity index (χ0n) is 4.99. The van der Waals surface area contributed by atoms with Gasteiger partial charge in [0.2, 0.25) is 0 Å². The molecule has 0 spiro atoms.